The number of carbonyl (C=O) groups is 2. The molecule has 0 aliphatic heterocycles. The average molecular weight is 357 g/mol. The molecule has 6 heteroatoms. The van der Waals surface area contributed by atoms with Gasteiger partial charge in [-0.3, -0.25) is 4.79 Å². The molecule has 138 valence electrons. The Morgan fingerprint density at radius 2 is 1.73 bits per heavy atom. The van der Waals surface area contributed by atoms with Crippen LogP contribution in [-0.4, -0.2) is 24.0 Å². The highest BCUT2D eigenvalue weighted by Crippen LogP contribution is 2.12. The third-order valence-electron chi connectivity index (χ3n) is 3.48. The highest BCUT2D eigenvalue weighted by molar-refractivity contribution is 5.97. The molecular weight excluding hydrogens is 333 g/mol. The van der Waals surface area contributed by atoms with Crippen molar-refractivity contribution >= 4 is 17.6 Å². The molecule has 0 atom stereocenters. The first kappa shape index (κ1) is 19.4. The summed E-state index contributed by atoms with van der Waals surface area (Å²) in [6.07, 6.45) is 0.599. The van der Waals surface area contributed by atoms with Crippen LogP contribution in [0.5, 0.6) is 0 Å². The van der Waals surface area contributed by atoms with Gasteiger partial charge in [0.25, 0.3) is 5.91 Å². The predicted molar refractivity (Wildman–Crippen MR) is 101 cm³/mol. The second-order valence-electron chi connectivity index (χ2n) is 7.04. The van der Waals surface area contributed by atoms with Gasteiger partial charge in [-0.1, -0.05) is 18.2 Å². The molecule has 0 heterocycles. The molecule has 0 saturated carbocycles. The van der Waals surface area contributed by atoms with E-state index in [0.717, 1.165) is 5.56 Å². The third-order valence-corrected chi connectivity index (χ3v) is 3.48. The van der Waals surface area contributed by atoms with Crippen LogP contribution in [0.25, 0.3) is 0 Å². The van der Waals surface area contributed by atoms with Crippen molar-refractivity contribution in [3.8, 4) is 0 Å². The minimum absolute atomic E-state index is 0.196. The molecule has 0 saturated heterocycles. The number of urea groups is 1. The zero-order valence-electron chi connectivity index (χ0n) is 15.2. The standard InChI is InChI=1S/C20H24FN3O2/c1-20(2,3)24-18(25)15-5-4-6-17(13-15)23-19(26)22-12-11-14-7-9-16(21)10-8-14/h4-10,13H,11-12H2,1-3H3,(H,24,25)(H2,22,23,26). The molecule has 2 aromatic carbocycles. The molecule has 3 N–H and O–H groups in total. The minimum atomic E-state index is -0.361. The van der Waals surface area contributed by atoms with Gasteiger partial charge in [-0.2, -0.15) is 0 Å². The number of carbonyl (C=O) groups excluding carboxylic acids is 2. The third kappa shape index (κ3) is 6.55. The van der Waals surface area contributed by atoms with E-state index in [1.54, 1.807) is 36.4 Å². The van der Waals surface area contributed by atoms with Gasteiger partial charge in [0.2, 0.25) is 0 Å². The lowest BCUT2D eigenvalue weighted by Crippen LogP contribution is -2.40. The fourth-order valence-corrected chi connectivity index (χ4v) is 2.30. The minimum Gasteiger partial charge on any atom is -0.347 e. The SMILES string of the molecule is CC(C)(C)NC(=O)c1cccc(NC(=O)NCCc2ccc(F)cc2)c1. The summed E-state index contributed by atoms with van der Waals surface area (Å²) in [5, 5.41) is 8.32. The molecule has 0 spiro atoms. The number of benzene rings is 2. The van der Waals surface area contributed by atoms with Crippen LogP contribution >= 0.6 is 0 Å². The monoisotopic (exact) mass is 357 g/mol. The summed E-state index contributed by atoms with van der Waals surface area (Å²) in [5.41, 5.74) is 1.61. The molecule has 26 heavy (non-hydrogen) atoms. The molecule has 0 aromatic heterocycles. The predicted octanol–water partition coefficient (Wildman–Crippen LogP) is 3.72. The van der Waals surface area contributed by atoms with Gasteiger partial charge >= 0.3 is 6.03 Å². The van der Waals surface area contributed by atoms with Gasteiger partial charge in [-0.05, 0) is 63.1 Å². The van der Waals surface area contributed by atoms with E-state index in [0.29, 0.717) is 24.2 Å². The van der Waals surface area contributed by atoms with E-state index < -0.39 is 0 Å². The lowest BCUT2D eigenvalue weighted by Gasteiger charge is -2.20. The molecule has 0 bridgehead atoms. The topological polar surface area (TPSA) is 70.2 Å². The van der Waals surface area contributed by atoms with Gasteiger partial charge in [0.1, 0.15) is 5.82 Å². The number of hydrogen-bond donors (Lipinski definition) is 3. The fraction of sp³-hybridized carbons (Fsp3) is 0.300. The molecule has 0 unspecified atom stereocenters. The van der Waals surface area contributed by atoms with E-state index >= 15 is 0 Å². The Bertz CT molecular complexity index is 767. The molecule has 0 aliphatic carbocycles. The Labute approximate surface area is 153 Å². The van der Waals surface area contributed by atoms with E-state index in [2.05, 4.69) is 16.0 Å². The number of hydrogen-bond acceptors (Lipinski definition) is 2. The maximum Gasteiger partial charge on any atom is 0.319 e. The summed E-state index contributed by atoms with van der Waals surface area (Å²) in [7, 11) is 0. The second kappa shape index (κ2) is 8.47. The Hall–Kier alpha value is -2.89. The molecule has 2 aromatic rings. The number of amides is 3. The van der Waals surface area contributed by atoms with Crippen LogP contribution in [0.15, 0.2) is 48.5 Å². The van der Waals surface area contributed by atoms with Crippen LogP contribution in [0.3, 0.4) is 0 Å². The molecule has 2 rings (SSSR count). The van der Waals surface area contributed by atoms with Crippen LogP contribution in [0.2, 0.25) is 0 Å². The van der Waals surface area contributed by atoms with Crippen LogP contribution in [0.4, 0.5) is 14.9 Å². The molecule has 0 aliphatic rings. The Balaban J connectivity index is 1.85. The summed E-state index contributed by atoms with van der Waals surface area (Å²) < 4.78 is 12.9. The summed E-state index contributed by atoms with van der Waals surface area (Å²) in [5.74, 6) is -0.479. The van der Waals surface area contributed by atoms with Crippen molar-refractivity contribution in [2.45, 2.75) is 32.7 Å². The largest absolute Gasteiger partial charge is 0.347 e. The normalized spacial score (nSPS) is 10.9. The Kier molecular flexibility index (Phi) is 6.33. The van der Waals surface area contributed by atoms with Crippen LogP contribution in [0.1, 0.15) is 36.7 Å². The maximum absolute atomic E-state index is 12.9. The van der Waals surface area contributed by atoms with Crippen molar-refractivity contribution in [1.82, 2.24) is 10.6 Å². The summed E-state index contributed by atoms with van der Waals surface area (Å²) in [6.45, 7) is 6.13. The molecule has 0 fully saturated rings. The van der Waals surface area contributed by atoms with Gasteiger partial charge < -0.3 is 16.0 Å². The Morgan fingerprint density at radius 3 is 2.38 bits per heavy atom. The lowest BCUT2D eigenvalue weighted by molar-refractivity contribution is 0.0919. The zero-order chi connectivity index (χ0) is 19.2. The first-order chi connectivity index (χ1) is 12.2. The highest BCUT2D eigenvalue weighted by Gasteiger charge is 2.15. The zero-order valence-corrected chi connectivity index (χ0v) is 15.2. The smallest absolute Gasteiger partial charge is 0.319 e. The van der Waals surface area contributed by atoms with Gasteiger partial charge in [-0.15, -0.1) is 0 Å². The number of halogens is 1. The van der Waals surface area contributed by atoms with E-state index in [1.165, 1.54) is 12.1 Å². The molecule has 0 radical (unpaired) electrons. The van der Waals surface area contributed by atoms with E-state index in [4.69, 9.17) is 0 Å². The lowest BCUT2D eigenvalue weighted by atomic mass is 10.1. The van der Waals surface area contributed by atoms with Crippen molar-refractivity contribution < 1.29 is 14.0 Å². The fourth-order valence-electron chi connectivity index (χ4n) is 2.30. The van der Waals surface area contributed by atoms with Crippen LogP contribution in [0, 0.1) is 5.82 Å². The summed E-state index contributed by atoms with van der Waals surface area (Å²) in [4.78, 5) is 24.2. The first-order valence-electron chi connectivity index (χ1n) is 8.45. The highest BCUT2D eigenvalue weighted by atomic mass is 19.1. The molecule has 5 nitrogen and oxygen atoms in total. The van der Waals surface area contributed by atoms with Crippen molar-refractivity contribution in [1.29, 1.82) is 0 Å². The van der Waals surface area contributed by atoms with E-state index in [-0.39, 0.29) is 23.3 Å². The maximum atomic E-state index is 12.9. The van der Waals surface area contributed by atoms with Gasteiger partial charge in [0.05, 0.1) is 0 Å². The average Bonchev–Trinajstić information content (AvgIpc) is 2.55. The van der Waals surface area contributed by atoms with Crippen molar-refractivity contribution in [3.05, 3.63) is 65.5 Å². The van der Waals surface area contributed by atoms with E-state index in [9.17, 15) is 14.0 Å². The van der Waals surface area contributed by atoms with Gasteiger partial charge in [0, 0.05) is 23.3 Å². The van der Waals surface area contributed by atoms with Crippen LogP contribution in [-0.2, 0) is 6.42 Å². The molecular formula is C20H24FN3O2. The van der Waals surface area contributed by atoms with Crippen molar-refractivity contribution in [2.24, 2.45) is 0 Å². The number of nitrogens with one attached hydrogen (secondary N) is 3. The molecule has 3 amide bonds. The Morgan fingerprint density at radius 1 is 1.04 bits per heavy atom. The number of rotatable bonds is 5. The second-order valence-corrected chi connectivity index (χ2v) is 7.04. The van der Waals surface area contributed by atoms with Crippen LogP contribution < -0.4 is 16.0 Å². The number of anilines is 1. The van der Waals surface area contributed by atoms with Gasteiger partial charge in [-0.25, -0.2) is 9.18 Å². The first-order valence-corrected chi connectivity index (χ1v) is 8.45. The van der Waals surface area contributed by atoms with E-state index in [1.807, 2.05) is 20.8 Å². The van der Waals surface area contributed by atoms with Crippen molar-refractivity contribution in [3.63, 3.8) is 0 Å². The summed E-state index contributed by atoms with van der Waals surface area (Å²) in [6, 6.07) is 12.5. The van der Waals surface area contributed by atoms with Crippen molar-refractivity contribution in [2.75, 3.05) is 11.9 Å². The van der Waals surface area contributed by atoms with Gasteiger partial charge in [0.15, 0.2) is 0 Å². The quantitative estimate of drug-likeness (QED) is 0.763. The summed E-state index contributed by atoms with van der Waals surface area (Å²) >= 11 is 0.